The van der Waals surface area contributed by atoms with Gasteiger partial charge in [-0.15, -0.1) is 23.1 Å². The smallest absolute Gasteiger partial charge is 0.407 e. The van der Waals surface area contributed by atoms with Crippen LogP contribution in [0.2, 0.25) is 0 Å². The van der Waals surface area contributed by atoms with Crippen LogP contribution >= 0.6 is 23.1 Å². The molecule has 1 saturated heterocycles. The van der Waals surface area contributed by atoms with Crippen LogP contribution in [0.1, 0.15) is 44.6 Å². The van der Waals surface area contributed by atoms with Crippen molar-refractivity contribution in [3.8, 4) is 5.75 Å². The molecule has 1 aromatic heterocycles. The standard InChI is InChI=1S/C63H54N6O8S2/c1-64-61(73)75-39-21-22-44-41-78-58-54(57(71)69(58)55(44)59(72)76-40-43-35-37-51(74-2)38-36-43)66-56(70)53(68-77-63(48-29-15-6-16-30-48,49-31-17-7-18-32-49)50-33-19-8-20-34-50)52-42-79-60(65-52)67-62(45-23-9-3-10-24-45,46-25-11-4-12-26-46)47-27-13-5-14-28-47/h3-38,42,54,58H,39-41H2,1-2H3,(H,64,73)(H,65,67)(H,66,70)/b22-21-,68-53-/t54?,58-/m1/s1. The van der Waals surface area contributed by atoms with Gasteiger partial charge in [-0.1, -0.05) is 205 Å². The van der Waals surface area contributed by atoms with E-state index in [1.807, 2.05) is 146 Å². The number of carbonyl (C=O) groups excluding carboxylic acids is 4. The number of amides is 3. The van der Waals surface area contributed by atoms with Gasteiger partial charge < -0.3 is 35.0 Å². The van der Waals surface area contributed by atoms with Crippen molar-refractivity contribution in [3.05, 3.63) is 280 Å². The molecule has 3 N–H and O–H groups in total. The van der Waals surface area contributed by atoms with Gasteiger partial charge in [0.15, 0.2) is 10.8 Å². The molecule has 16 heteroatoms. The van der Waals surface area contributed by atoms with Gasteiger partial charge in [-0.3, -0.25) is 14.5 Å². The summed E-state index contributed by atoms with van der Waals surface area (Å²) in [4.78, 5) is 69.5. The molecular weight excluding hydrogens is 1030 g/mol. The summed E-state index contributed by atoms with van der Waals surface area (Å²) in [5.41, 5.74) is 3.85. The van der Waals surface area contributed by atoms with E-state index in [0.29, 0.717) is 22.0 Å². The van der Waals surface area contributed by atoms with Gasteiger partial charge in [-0.2, -0.15) is 0 Å². The number of alkyl carbamates (subject to hydrolysis) is 1. The number of thioether (sulfide) groups is 1. The molecule has 0 saturated carbocycles. The average Bonchev–Trinajstić information content (AvgIpc) is 4.07. The molecular formula is C63H54N6O8S2. The molecule has 0 spiro atoms. The summed E-state index contributed by atoms with van der Waals surface area (Å²) in [6.07, 6.45) is 2.58. The van der Waals surface area contributed by atoms with Crippen LogP contribution in [0.15, 0.2) is 240 Å². The fourth-order valence-corrected chi connectivity index (χ4v) is 11.7. The van der Waals surface area contributed by atoms with Crippen LogP contribution < -0.4 is 20.7 Å². The Morgan fingerprint density at radius 2 is 1.20 bits per heavy atom. The number of hydrogen-bond donors (Lipinski definition) is 3. The van der Waals surface area contributed by atoms with Crippen molar-refractivity contribution >= 4 is 57.8 Å². The highest BCUT2D eigenvalue weighted by Crippen LogP contribution is 2.44. The normalized spacial score (nSPS) is 15.3. The third-order valence-corrected chi connectivity index (χ3v) is 15.6. The Morgan fingerprint density at radius 1 is 0.696 bits per heavy atom. The van der Waals surface area contributed by atoms with E-state index in [9.17, 15) is 14.4 Å². The number of methoxy groups -OCH3 is 1. The van der Waals surface area contributed by atoms with Gasteiger partial charge >= 0.3 is 12.1 Å². The predicted molar refractivity (Wildman–Crippen MR) is 306 cm³/mol. The number of esters is 1. The van der Waals surface area contributed by atoms with E-state index in [2.05, 4.69) is 52.3 Å². The topological polar surface area (TPSA) is 170 Å². The molecule has 2 aliphatic heterocycles. The summed E-state index contributed by atoms with van der Waals surface area (Å²) in [5, 5.41) is 15.5. The van der Waals surface area contributed by atoms with Crippen molar-refractivity contribution < 1.29 is 38.2 Å². The highest BCUT2D eigenvalue weighted by molar-refractivity contribution is 8.00. The first-order valence-corrected chi connectivity index (χ1v) is 27.3. The van der Waals surface area contributed by atoms with Crippen LogP contribution in [0.4, 0.5) is 9.93 Å². The first-order valence-electron chi connectivity index (χ1n) is 25.4. The van der Waals surface area contributed by atoms with Crippen molar-refractivity contribution in [2.24, 2.45) is 5.16 Å². The van der Waals surface area contributed by atoms with Crippen molar-refractivity contribution in [2.75, 3.05) is 31.8 Å². The molecule has 7 aromatic carbocycles. The maximum Gasteiger partial charge on any atom is 0.407 e. The van der Waals surface area contributed by atoms with Crippen molar-refractivity contribution in [1.82, 2.24) is 20.5 Å². The van der Waals surface area contributed by atoms with Crippen LogP contribution in [0, 0.1) is 0 Å². The summed E-state index contributed by atoms with van der Waals surface area (Å²) in [7, 11) is 3.01. The Balaban J connectivity index is 1.03. The fourth-order valence-electron chi connectivity index (χ4n) is 9.67. The Hall–Kier alpha value is -9.25. The summed E-state index contributed by atoms with van der Waals surface area (Å²) in [5.74, 6) is -1.17. The zero-order valence-electron chi connectivity index (χ0n) is 43.1. The van der Waals surface area contributed by atoms with Crippen LogP contribution in [0.5, 0.6) is 5.75 Å². The van der Waals surface area contributed by atoms with Crippen LogP contribution in [0.3, 0.4) is 0 Å². The molecule has 2 atom stereocenters. The van der Waals surface area contributed by atoms with E-state index < -0.39 is 46.4 Å². The number of nitrogens with one attached hydrogen (secondary N) is 3. The number of oxime groups is 1. The number of aromatic nitrogens is 1. The number of hydrogen-bond acceptors (Lipinski definition) is 13. The number of β-lactam (4-membered cyclic amide) rings is 1. The lowest BCUT2D eigenvalue weighted by atomic mass is 9.77. The number of benzene rings is 7. The highest BCUT2D eigenvalue weighted by atomic mass is 32.2. The molecule has 396 valence electrons. The average molecular weight is 1090 g/mol. The van der Waals surface area contributed by atoms with Crippen LogP contribution in [0.25, 0.3) is 0 Å². The Kier molecular flexibility index (Phi) is 16.4. The van der Waals surface area contributed by atoms with Gasteiger partial charge in [0.2, 0.25) is 5.60 Å². The van der Waals surface area contributed by atoms with Gasteiger partial charge in [-0.25, -0.2) is 14.6 Å². The zero-order valence-corrected chi connectivity index (χ0v) is 44.7. The largest absolute Gasteiger partial charge is 0.497 e. The number of anilines is 1. The number of rotatable bonds is 20. The summed E-state index contributed by atoms with van der Waals surface area (Å²) in [6.45, 7) is -0.186. The number of nitrogens with zero attached hydrogens (tertiary/aromatic N) is 3. The predicted octanol–water partition coefficient (Wildman–Crippen LogP) is 10.6. The first-order chi connectivity index (χ1) is 38.7. The lowest BCUT2D eigenvalue weighted by Gasteiger charge is -2.49. The molecule has 14 nitrogen and oxygen atoms in total. The van der Waals surface area contributed by atoms with E-state index in [0.717, 1.165) is 33.4 Å². The maximum atomic E-state index is 15.4. The van der Waals surface area contributed by atoms with E-state index in [1.165, 1.54) is 35.0 Å². The van der Waals surface area contributed by atoms with Crippen molar-refractivity contribution in [1.29, 1.82) is 0 Å². The molecule has 1 fully saturated rings. The molecule has 2 aliphatic rings. The van der Waals surface area contributed by atoms with E-state index >= 15 is 4.79 Å². The minimum Gasteiger partial charge on any atom is -0.497 e. The molecule has 0 aliphatic carbocycles. The van der Waals surface area contributed by atoms with Gasteiger partial charge in [0.25, 0.3) is 11.8 Å². The number of allylic oxidation sites excluding steroid dienone is 1. The lowest BCUT2D eigenvalue weighted by molar-refractivity contribution is -0.153. The fraction of sp³-hybridized carbons (Fsp3) is 0.143. The highest BCUT2D eigenvalue weighted by Gasteiger charge is 2.55. The van der Waals surface area contributed by atoms with Gasteiger partial charge in [0, 0.05) is 34.9 Å². The summed E-state index contributed by atoms with van der Waals surface area (Å²) in [6, 6.07) is 65.2. The van der Waals surface area contributed by atoms with Crippen molar-refractivity contribution in [2.45, 2.75) is 29.2 Å². The molecule has 0 radical (unpaired) electrons. The molecule has 10 rings (SSSR count). The molecule has 3 amide bonds. The van der Waals surface area contributed by atoms with Crippen LogP contribution in [-0.2, 0) is 46.4 Å². The zero-order chi connectivity index (χ0) is 54.6. The van der Waals surface area contributed by atoms with Gasteiger partial charge in [-0.05, 0) is 46.0 Å². The van der Waals surface area contributed by atoms with Crippen molar-refractivity contribution in [3.63, 3.8) is 0 Å². The number of fused-ring (bicyclic) bond motifs is 1. The molecule has 8 aromatic rings. The minimum absolute atomic E-state index is 0.00786. The number of ether oxygens (including phenoxy) is 3. The second-order valence-corrected chi connectivity index (χ2v) is 20.2. The third kappa shape index (κ3) is 11.1. The maximum absolute atomic E-state index is 15.4. The Labute approximate surface area is 465 Å². The second-order valence-electron chi connectivity index (χ2n) is 18.2. The Morgan fingerprint density at radius 3 is 1.70 bits per heavy atom. The molecule has 79 heavy (non-hydrogen) atoms. The molecule has 3 heterocycles. The molecule has 1 unspecified atom stereocenters. The van der Waals surface area contributed by atoms with Gasteiger partial charge in [0.05, 0.1) is 7.11 Å². The quantitative estimate of drug-likeness (QED) is 0.0218. The lowest BCUT2D eigenvalue weighted by Crippen LogP contribution is -2.71. The third-order valence-electron chi connectivity index (χ3n) is 13.5. The monoisotopic (exact) mass is 1090 g/mol. The number of thiazole rings is 1. The first kappa shape index (κ1) is 53.2. The van der Waals surface area contributed by atoms with E-state index in [4.69, 9.17) is 29.2 Å². The van der Waals surface area contributed by atoms with Gasteiger partial charge in [0.1, 0.15) is 47.3 Å². The second kappa shape index (κ2) is 24.4. The van der Waals surface area contributed by atoms with Crippen LogP contribution in [-0.4, -0.2) is 77.4 Å². The molecule has 0 bridgehead atoms. The summed E-state index contributed by atoms with van der Waals surface area (Å²) >= 11 is 2.64. The Bertz CT molecular complexity index is 3300. The summed E-state index contributed by atoms with van der Waals surface area (Å²) < 4.78 is 16.3. The number of carbonyl (C=O) groups is 4. The SMILES string of the molecule is CNC(=O)OC/C=C\C1=C(C(=O)OCc2ccc(OC)cc2)N2C(=O)C(NC(=O)/C(=N\OC(c3ccccc3)(c3ccccc3)c3ccccc3)c3csc(NC(c4ccccc4)(c4ccccc4)c4ccccc4)n3)[C@H]2SC1. The van der Waals surface area contributed by atoms with E-state index in [-0.39, 0.29) is 36.1 Å². The van der Waals surface area contributed by atoms with E-state index in [1.54, 1.807) is 48.9 Å². The minimum atomic E-state index is -1.39.